The van der Waals surface area contributed by atoms with Crippen molar-refractivity contribution in [3.8, 4) is 5.75 Å². The summed E-state index contributed by atoms with van der Waals surface area (Å²) in [5.74, 6) is 0.914. The van der Waals surface area contributed by atoms with Gasteiger partial charge in [0, 0.05) is 55.4 Å². The van der Waals surface area contributed by atoms with Crippen molar-refractivity contribution >= 4 is 16.6 Å². The van der Waals surface area contributed by atoms with Gasteiger partial charge in [-0.1, -0.05) is 25.5 Å². The van der Waals surface area contributed by atoms with Crippen LogP contribution in [0.3, 0.4) is 0 Å². The first-order valence-electron chi connectivity index (χ1n) is 11.4. The van der Waals surface area contributed by atoms with Gasteiger partial charge in [0.1, 0.15) is 12.0 Å². The maximum absolute atomic E-state index is 11.1. The van der Waals surface area contributed by atoms with Crippen LogP contribution in [0.5, 0.6) is 5.75 Å². The molecule has 0 radical (unpaired) electrons. The van der Waals surface area contributed by atoms with E-state index >= 15 is 0 Å². The number of ether oxygens (including phenoxy) is 1. The average molecular weight is 437 g/mol. The molecule has 0 saturated carbocycles. The van der Waals surface area contributed by atoms with Crippen LogP contribution in [0.1, 0.15) is 38.4 Å². The number of piperazine rings is 1. The fourth-order valence-corrected chi connectivity index (χ4v) is 4.64. The third-order valence-corrected chi connectivity index (χ3v) is 6.36. The van der Waals surface area contributed by atoms with E-state index < -0.39 is 0 Å². The van der Waals surface area contributed by atoms with Gasteiger partial charge in [-0.3, -0.25) is 19.9 Å². The number of fused-ring (bicyclic) bond motifs is 1. The van der Waals surface area contributed by atoms with Gasteiger partial charge in [0.15, 0.2) is 0 Å². The van der Waals surface area contributed by atoms with Crippen LogP contribution < -0.4 is 4.74 Å². The number of nitro benzene ring substituents is 1. The molecule has 2 atom stereocenters. The highest BCUT2D eigenvalue weighted by atomic mass is 16.6. The summed E-state index contributed by atoms with van der Waals surface area (Å²) in [5, 5.41) is 12.0. The van der Waals surface area contributed by atoms with Gasteiger partial charge in [-0.05, 0) is 50.1 Å². The minimum Gasteiger partial charge on any atom is -0.475 e. The smallest absolute Gasteiger partial charge is 0.270 e. The van der Waals surface area contributed by atoms with Gasteiger partial charge in [0.05, 0.1) is 11.1 Å². The second-order valence-corrected chi connectivity index (χ2v) is 8.60. The number of hydrogen-bond donors (Lipinski definition) is 0. The summed E-state index contributed by atoms with van der Waals surface area (Å²) in [7, 11) is 0. The van der Waals surface area contributed by atoms with Gasteiger partial charge in [-0.15, -0.1) is 0 Å². The largest absolute Gasteiger partial charge is 0.475 e. The Balaban J connectivity index is 1.44. The first-order valence-corrected chi connectivity index (χ1v) is 11.4. The molecule has 3 aromatic rings. The van der Waals surface area contributed by atoms with E-state index in [0.29, 0.717) is 0 Å². The third kappa shape index (κ3) is 4.79. The number of non-ortho nitro benzene ring substituents is 1. The Hall–Kier alpha value is -2.90. The van der Waals surface area contributed by atoms with Crippen molar-refractivity contribution in [3.05, 3.63) is 70.4 Å². The molecule has 0 N–H and O–H groups in total. The molecule has 1 aromatic heterocycles. The Kier molecular flexibility index (Phi) is 6.77. The Morgan fingerprint density at radius 1 is 1.06 bits per heavy atom. The summed E-state index contributed by atoms with van der Waals surface area (Å²) in [6.07, 6.45) is 4.45. The molecule has 2 aromatic carbocycles. The van der Waals surface area contributed by atoms with E-state index in [4.69, 9.17) is 4.74 Å². The van der Waals surface area contributed by atoms with E-state index in [1.807, 2.05) is 24.3 Å². The molecule has 0 spiro atoms. The van der Waals surface area contributed by atoms with Crippen molar-refractivity contribution in [3.63, 3.8) is 0 Å². The number of aromatic nitrogens is 1. The van der Waals surface area contributed by atoms with E-state index in [0.717, 1.165) is 55.7 Å². The zero-order valence-electron chi connectivity index (χ0n) is 19.1. The lowest BCUT2D eigenvalue weighted by Crippen LogP contribution is -2.52. The highest BCUT2D eigenvalue weighted by Crippen LogP contribution is 2.29. The third-order valence-electron chi connectivity index (χ3n) is 6.36. The number of hydrogen-bond acceptors (Lipinski definition) is 5. The molecule has 0 amide bonds. The van der Waals surface area contributed by atoms with E-state index in [-0.39, 0.29) is 23.0 Å². The first kappa shape index (κ1) is 22.3. The first-order chi connectivity index (χ1) is 15.5. The molecule has 2 unspecified atom stereocenters. The molecule has 0 bridgehead atoms. The maximum atomic E-state index is 11.1. The Bertz CT molecular complexity index is 1070. The van der Waals surface area contributed by atoms with E-state index in [2.05, 4.69) is 53.5 Å². The molecule has 0 aliphatic carbocycles. The van der Waals surface area contributed by atoms with Crippen molar-refractivity contribution in [1.82, 2.24) is 14.4 Å². The highest BCUT2D eigenvalue weighted by molar-refractivity contribution is 5.82. The predicted octanol–water partition coefficient (Wildman–Crippen LogP) is 5.20. The predicted molar refractivity (Wildman–Crippen MR) is 127 cm³/mol. The standard InChI is InChI=1S/C25H32N4O3/c1-4-6-25(28-12-11-21-18-22(29(30)31)9-10-24(21)28)27-15-13-26(14-16-27)20(3)32-23-8-5-7-19(2)17-23/h5,7-12,17-18,20,25H,4,6,13-16H2,1-3H3. The summed E-state index contributed by atoms with van der Waals surface area (Å²) in [6, 6.07) is 15.3. The second kappa shape index (κ2) is 9.71. The van der Waals surface area contributed by atoms with Crippen molar-refractivity contribution in [1.29, 1.82) is 0 Å². The van der Waals surface area contributed by atoms with Crippen molar-refractivity contribution < 1.29 is 9.66 Å². The van der Waals surface area contributed by atoms with Crippen molar-refractivity contribution in [2.24, 2.45) is 0 Å². The molecular formula is C25H32N4O3. The molecule has 7 nitrogen and oxygen atoms in total. The molecule has 1 aliphatic rings. The lowest BCUT2D eigenvalue weighted by atomic mass is 10.2. The summed E-state index contributed by atoms with van der Waals surface area (Å²) in [5.41, 5.74) is 2.39. The van der Waals surface area contributed by atoms with Gasteiger partial charge in [-0.2, -0.15) is 0 Å². The summed E-state index contributed by atoms with van der Waals surface area (Å²) in [6.45, 7) is 10.2. The quantitative estimate of drug-likeness (QED) is 0.359. The van der Waals surface area contributed by atoms with Crippen LogP contribution in [0.15, 0.2) is 54.7 Å². The number of aryl methyl sites for hydroxylation is 1. The normalized spacial score (nSPS) is 17.3. The van der Waals surface area contributed by atoms with Gasteiger partial charge in [0.25, 0.3) is 5.69 Å². The van der Waals surface area contributed by atoms with Crippen LogP contribution in [0.2, 0.25) is 0 Å². The molecule has 2 heterocycles. The highest BCUT2D eigenvalue weighted by Gasteiger charge is 2.28. The van der Waals surface area contributed by atoms with Crippen LogP contribution in [0, 0.1) is 17.0 Å². The monoisotopic (exact) mass is 436 g/mol. The van der Waals surface area contributed by atoms with Crippen molar-refractivity contribution in [2.45, 2.75) is 46.0 Å². The average Bonchev–Trinajstić information content (AvgIpc) is 3.20. The summed E-state index contributed by atoms with van der Waals surface area (Å²) >= 11 is 0. The van der Waals surface area contributed by atoms with Gasteiger partial charge in [-0.25, -0.2) is 0 Å². The molecule has 32 heavy (non-hydrogen) atoms. The Labute approximate surface area is 189 Å². The molecular weight excluding hydrogens is 404 g/mol. The lowest BCUT2D eigenvalue weighted by molar-refractivity contribution is -0.384. The number of nitrogens with zero attached hydrogens (tertiary/aromatic N) is 4. The van der Waals surface area contributed by atoms with E-state index in [1.165, 1.54) is 5.56 Å². The fourth-order valence-electron chi connectivity index (χ4n) is 4.64. The zero-order valence-corrected chi connectivity index (χ0v) is 19.1. The van der Waals surface area contributed by atoms with Gasteiger partial charge in [0.2, 0.25) is 0 Å². The van der Waals surface area contributed by atoms with Crippen LogP contribution in [0.25, 0.3) is 10.9 Å². The minimum absolute atomic E-state index is 0.0246. The summed E-state index contributed by atoms with van der Waals surface area (Å²) in [4.78, 5) is 15.7. The number of benzene rings is 2. The topological polar surface area (TPSA) is 63.8 Å². The van der Waals surface area contributed by atoms with Gasteiger partial charge >= 0.3 is 0 Å². The van der Waals surface area contributed by atoms with Crippen LogP contribution in [-0.4, -0.2) is 51.7 Å². The molecule has 1 saturated heterocycles. The molecule has 1 fully saturated rings. The lowest BCUT2D eigenvalue weighted by Gasteiger charge is -2.41. The SMILES string of the molecule is CCCC(N1CCN(C(C)Oc2cccc(C)c2)CC1)n1ccc2cc([N+](=O)[O-])ccc21. The van der Waals surface area contributed by atoms with E-state index in [1.54, 1.807) is 12.1 Å². The van der Waals surface area contributed by atoms with E-state index in [9.17, 15) is 10.1 Å². The minimum atomic E-state index is -0.334. The molecule has 170 valence electrons. The number of rotatable bonds is 8. The molecule has 1 aliphatic heterocycles. The Morgan fingerprint density at radius 3 is 2.50 bits per heavy atom. The van der Waals surface area contributed by atoms with Crippen LogP contribution >= 0.6 is 0 Å². The maximum Gasteiger partial charge on any atom is 0.270 e. The van der Waals surface area contributed by atoms with Crippen molar-refractivity contribution in [2.75, 3.05) is 26.2 Å². The fraction of sp³-hybridized carbons (Fsp3) is 0.440. The Morgan fingerprint density at radius 2 is 1.81 bits per heavy atom. The van der Waals surface area contributed by atoms with Gasteiger partial charge < -0.3 is 9.30 Å². The number of nitro groups is 1. The summed E-state index contributed by atoms with van der Waals surface area (Å²) < 4.78 is 8.47. The second-order valence-electron chi connectivity index (χ2n) is 8.60. The van der Waals surface area contributed by atoms with Crippen LogP contribution in [-0.2, 0) is 0 Å². The van der Waals surface area contributed by atoms with Crippen LogP contribution in [0.4, 0.5) is 5.69 Å². The zero-order chi connectivity index (χ0) is 22.7. The molecule has 4 rings (SSSR count). The molecule has 7 heteroatoms.